The molecule has 0 spiro atoms. The molecule has 0 radical (unpaired) electrons. The van der Waals surface area contributed by atoms with E-state index in [1.165, 1.54) is 0 Å². The topological polar surface area (TPSA) is 64.8 Å². The highest BCUT2D eigenvalue weighted by Gasteiger charge is 2.16. The van der Waals surface area contributed by atoms with Gasteiger partial charge >= 0.3 is 0 Å². The van der Waals surface area contributed by atoms with E-state index in [4.69, 9.17) is 11.6 Å². The minimum Gasteiger partial charge on any atom is -0.251 e. The van der Waals surface area contributed by atoms with Gasteiger partial charge in [-0.25, -0.2) is 8.42 Å². The molecule has 0 aliphatic carbocycles. The second kappa shape index (κ2) is 5.63. The molecule has 7 heteroatoms. The van der Waals surface area contributed by atoms with Gasteiger partial charge in [0.05, 0.1) is 23.2 Å². The number of halogens is 1. The Balaban J connectivity index is 2.55. The smallest absolute Gasteiger partial charge is 0.154 e. The van der Waals surface area contributed by atoms with Crippen molar-refractivity contribution in [3.63, 3.8) is 0 Å². The summed E-state index contributed by atoms with van der Waals surface area (Å²) < 4.78 is 24.7. The average molecular weight is 266 g/mol. The van der Waals surface area contributed by atoms with E-state index in [1.807, 2.05) is 0 Å². The third kappa shape index (κ3) is 3.75. The normalized spacial score (nSPS) is 12.2. The molecule has 0 atom stereocenters. The Morgan fingerprint density at radius 2 is 2.19 bits per heavy atom. The summed E-state index contributed by atoms with van der Waals surface area (Å²) in [5.41, 5.74) is 0.789. The first-order chi connectivity index (χ1) is 7.45. The van der Waals surface area contributed by atoms with Gasteiger partial charge < -0.3 is 0 Å². The van der Waals surface area contributed by atoms with Crippen LogP contribution in [0, 0.1) is 0 Å². The molecular weight excluding hydrogens is 250 g/mol. The standard InChI is InChI=1S/C9H16ClN3O2S/c1-8(2)16(14,15)6-5-13-7-9(3-4-10)11-12-13/h7-8H,3-6H2,1-2H3. The summed E-state index contributed by atoms with van der Waals surface area (Å²) in [4.78, 5) is 0. The molecule has 0 saturated heterocycles. The highest BCUT2D eigenvalue weighted by Crippen LogP contribution is 2.02. The van der Waals surface area contributed by atoms with Crippen LogP contribution >= 0.6 is 11.6 Å². The first-order valence-corrected chi connectivity index (χ1v) is 7.37. The monoisotopic (exact) mass is 265 g/mol. The molecule has 1 aromatic heterocycles. The number of hydrogen-bond acceptors (Lipinski definition) is 4. The molecule has 1 rings (SSSR count). The zero-order valence-electron chi connectivity index (χ0n) is 9.43. The molecule has 0 saturated carbocycles. The molecule has 0 N–H and O–H groups in total. The molecule has 0 fully saturated rings. The van der Waals surface area contributed by atoms with Crippen LogP contribution in [0.1, 0.15) is 19.5 Å². The van der Waals surface area contributed by atoms with Crippen LogP contribution in [-0.2, 0) is 22.8 Å². The Kier molecular flexibility index (Phi) is 4.73. The van der Waals surface area contributed by atoms with E-state index in [2.05, 4.69) is 10.3 Å². The Morgan fingerprint density at radius 1 is 1.50 bits per heavy atom. The molecule has 0 aliphatic rings. The lowest BCUT2D eigenvalue weighted by atomic mass is 10.4. The third-order valence-corrected chi connectivity index (χ3v) is 4.64. The number of alkyl halides is 1. The predicted molar refractivity (Wildman–Crippen MR) is 63.4 cm³/mol. The molecule has 16 heavy (non-hydrogen) atoms. The number of sulfone groups is 1. The van der Waals surface area contributed by atoms with E-state index in [0.717, 1.165) is 5.69 Å². The maximum absolute atomic E-state index is 11.6. The first kappa shape index (κ1) is 13.4. The molecule has 92 valence electrons. The lowest BCUT2D eigenvalue weighted by molar-refractivity contribution is 0.568. The van der Waals surface area contributed by atoms with E-state index in [0.29, 0.717) is 18.8 Å². The Labute approximate surface area is 101 Å². The second-order valence-electron chi connectivity index (χ2n) is 3.83. The molecule has 5 nitrogen and oxygen atoms in total. The maximum Gasteiger partial charge on any atom is 0.154 e. The van der Waals surface area contributed by atoms with Gasteiger partial charge in [-0.05, 0) is 13.8 Å². The quantitative estimate of drug-likeness (QED) is 0.717. The molecule has 0 aromatic carbocycles. The van der Waals surface area contributed by atoms with Crippen LogP contribution < -0.4 is 0 Å². The number of rotatable bonds is 6. The van der Waals surface area contributed by atoms with E-state index >= 15 is 0 Å². The second-order valence-corrected chi connectivity index (χ2v) is 6.88. The summed E-state index contributed by atoms with van der Waals surface area (Å²) in [5.74, 6) is 0.581. The summed E-state index contributed by atoms with van der Waals surface area (Å²) in [6.07, 6.45) is 2.39. The van der Waals surface area contributed by atoms with Gasteiger partial charge in [0.25, 0.3) is 0 Å². The summed E-state index contributed by atoms with van der Waals surface area (Å²) >= 11 is 5.56. The van der Waals surface area contributed by atoms with Crippen molar-refractivity contribution in [2.24, 2.45) is 0 Å². The first-order valence-electron chi connectivity index (χ1n) is 5.12. The van der Waals surface area contributed by atoms with Crippen LogP contribution in [0.5, 0.6) is 0 Å². The number of aryl methyl sites for hydroxylation is 2. The fourth-order valence-corrected chi connectivity index (χ4v) is 2.22. The van der Waals surface area contributed by atoms with Crippen LogP contribution in [0.3, 0.4) is 0 Å². The fourth-order valence-electron chi connectivity index (χ4n) is 1.12. The van der Waals surface area contributed by atoms with Crippen LogP contribution in [0.15, 0.2) is 6.20 Å². The molecule has 0 amide bonds. The highest BCUT2D eigenvalue weighted by atomic mass is 35.5. The predicted octanol–water partition coefficient (Wildman–Crippen LogP) is 0.883. The van der Waals surface area contributed by atoms with Crippen molar-refractivity contribution in [2.45, 2.75) is 32.1 Å². The largest absolute Gasteiger partial charge is 0.251 e. The molecular formula is C9H16ClN3O2S. The maximum atomic E-state index is 11.6. The zero-order valence-corrected chi connectivity index (χ0v) is 11.0. The highest BCUT2D eigenvalue weighted by molar-refractivity contribution is 7.91. The van der Waals surface area contributed by atoms with Gasteiger partial charge in [0.15, 0.2) is 9.84 Å². The molecule has 0 aliphatic heterocycles. The van der Waals surface area contributed by atoms with Crippen molar-refractivity contribution in [1.82, 2.24) is 15.0 Å². The van der Waals surface area contributed by atoms with Gasteiger partial charge in [0.1, 0.15) is 0 Å². The van der Waals surface area contributed by atoms with Gasteiger partial charge in [0.2, 0.25) is 0 Å². The minimum atomic E-state index is -3.01. The SMILES string of the molecule is CC(C)S(=O)(=O)CCn1cc(CCCl)nn1. The lowest BCUT2D eigenvalue weighted by Gasteiger charge is -2.06. The Hall–Kier alpha value is -0.620. The molecule has 1 aromatic rings. The Morgan fingerprint density at radius 3 is 2.75 bits per heavy atom. The Bertz CT molecular complexity index is 428. The van der Waals surface area contributed by atoms with Crippen molar-refractivity contribution in [3.05, 3.63) is 11.9 Å². The summed E-state index contributed by atoms with van der Waals surface area (Å²) in [6, 6.07) is 0. The summed E-state index contributed by atoms with van der Waals surface area (Å²) in [5, 5.41) is 7.38. The minimum absolute atomic E-state index is 0.0916. The average Bonchev–Trinajstić information content (AvgIpc) is 2.63. The van der Waals surface area contributed by atoms with Crippen molar-refractivity contribution in [2.75, 3.05) is 11.6 Å². The van der Waals surface area contributed by atoms with E-state index < -0.39 is 9.84 Å². The van der Waals surface area contributed by atoms with Crippen molar-refractivity contribution in [3.8, 4) is 0 Å². The molecule has 0 unspecified atom stereocenters. The third-order valence-electron chi connectivity index (χ3n) is 2.26. The lowest BCUT2D eigenvalue weighted by Crippen LogP contribution is -2.21. The van der Waals surface area contributed by atoms with Gasteiger partial charge in [-0.3, -0.25) is 4.68 Å². The van der Waals surface area contributed by atoms with Gasteiger partial charge in [-0.1, -0.05) is 5.21 Å². The van der Waals surface area contributed by atoms with Gasteiger partial charge in [-0.2, -0.15) is 0 Å². The van der Waals surface area contributed by atoms with Crippen molar-refractivity contribution >= 4 is 21.4 Å². The van der Waals surface area contributed by atoms with E-state index in [9.17, 15) is 8.42 Å². The zero-order chi connectivity index (χ0) is 12.2. The van der Waals surface area contributed by atoms with Crippen LogP contribution in [0.2, 0.25) is 0 Å². The van der Waals surface area contributed by atoms with Crippen LogP contribution in [0.25, 0.3) is 0 Å². The van der Waals surface area contributed by atoms with Gasteiger partial charge in [0, 0.05) is 18.5 Å². The number of aromatic nitrogens is 3. The van der Waals surface area contributed by atoms with Gasteiger partial charge in [-0.15, -0.1) is 16.7 Å². The fraction of sp³-hybridized carbons (Fsp3) is 0.778. The van der Waals surface area contributed by atoms with E-state index in [-0.39, 0.29) is 11.0 Å². The van der Waals surface area contributed by atoms with Crippen molar-refractivity contribution < 1.29 is 8.42 Å². The molecule has 1 heterocycles. The molecule has 0 bridgehead atoms. The van der Waals surface area contributed by atoms with Crippen LogP contribution in [-0.4, -0.2) is 40.3 Å². The number of nitrogens with zero attached hydrogens (tertiary/aromatic N) is 3. The summed E-state index contributed by atoms with van der Waals surface area (Å²) in [6.45, 7) is 3.70. The number of hydrogen-bond donors (Lipinski definition) is 0. The van der Waals surface area contributed by atoms with E-state index in [1.54, 1.807) is 24.7 Å². The summed E-state index contributed by atoms with van der Waals surface area (Å²) in [7, 11) is -3.01. The van der Waals surface area contributed by atoms with Crippen LogP contribution in [0.4, 0.5) is 0 Å². The van der Waals surface area contributed by atoms with Crippen molar-refractivity contribution in [1.29, 1.82) is 0 Å².